The molecule has 0 spiro atoms. The Balaban J connectivity index is 1.36. The average molecular weight is 450 g/mol. The fourth-order valence-electron chi connectivity index (χ4n) is 6.35. The van der Waals surface area contributed by atoms with Crippen LogP contribution in [0.5, 0.6) is 5.75 Å². The Hall–Kier alpha value is -2.44. The molecule has 0 aromatic heterocycles. The van der Waals surface area contributed by atoms with E-state index in [9.17, 15) is 26.7 Å². The van der Waals surface area contributed by atoms with Crippen molar-refractivity contribution in [3.05, 3.63) is 64.0 Å². The van der Waals surface area contributed by atoms with Gasteiger partial charge in [0.1, 0.15) is 18.1 Å². The summed E-state index contributed by atoms with van der Waals surface area (Å²) in [5.74, 6) is -7.93. The summed E-state index contributed by atoms with van der Waals surface area (Å²) in [6.45, 7) is 1.36. The SMILES string of the molecule is C[C@]12CC[C@H]3c4ccc(OCc5c(F)c(F)c(F)c(F)c5F)cc4CC[C@@H]3[C@H]1CCC2=O. The van der Waals surface area contributed by atoms with Gasteiger partial charge in [-0.15, -0.1) is 0 Å². The Labute approximate surface area is 182 Å². The van der Waals surface area contributed by atoms with E-state index >= 15 is 0 Å². The zero-order chi connectivity index (χ0) is 22.8. The van der Waals surface area contributed by atoms with E-state index < -0.39 is 41.3 Å². The first-order valence-electron chi connectivity index (χ1n) is 11.0. The topological polar surface area (TPSA) is 26.3 Å². The highest BCUT2D eigenvalue weighted by atomic mass is 19.2. The molecule has 0 unspecified atom stereocenters. The molecule has 170 valence electrons. The number of carbonyl (C=O) groups is 1. The fourth-order valence-corrected chi connectivity index (χ4v) is 6.35. The first-order valence-corrected chi connectivity index (χ1v) is 11.0. The molecule has 5 rings (SSSR count). The number of fused-ring (bicyclic) bond motifs is 5. The summed E-state index contributed by atoms with van der Waals surface area (Å²) < 4.78 is 73.3. The summed E-state index contributed by atoms with van der Waals surface area (Å²) in [6, 6.07) is 5.42. The number of ketones is 1. The van der Waals surface area contributed by atoms with Gasteiger partial charge >= 0.3 is 0 Å². The van der Waals surface area contributed by atoms with Crippen molar-refractivity contribution in [2.24, 2.45) is 17.3 Å². The molecule has 4 atom stereocenters. The molecule has 0 heterocycles. The van der Waals surface area contributed by atoms with Gasteiger partial charge < -0.3 is 4.74 Å². The summed E-state index contributed by atoms with van der Waals surface area (Å²) in [6.07, 6.45) is 5.22. The van der Waals surface area contributed by atoms with E-state index in [1.807, 2.05) is 6.07 Å². The van der Waals surface area contributed by atoms with Gasteiger partial charge in [-0.1, -0.05) is 13.0 Å². The van der Waals surface area contributed by atoms with Crippen molar-refractivity contribution >= 4 is 5.78 Å². The van der Waals surface area contributed by atoms with E-state index in [-0.39, 0.29) is 5.41 Å². The van der Waals surface area contributed by atoms with Crippen LogP contribution in [0.1, 0.15) is 61.6 Å². The molecule has 2 nitrogen and oxygen atoms in total. The van der Waals surface area contributed by atoms with Gasteiger partial charge in [-0.05, 0) is 73.1 Å². The van der Waals surface area contributed by atoms with E-state index in [1.165, 1.54) is 5.56 Å². The van der Waals surface area contributed by atoms with Crippen molar-refractivity contribution in [1.29, 1.82) is 0 Å². The molecule has 0 N–H and O–H groups in total. The first-order chi connectivity index (χ1) is 15.2. The van der Waals surface area contributed by atoms with E-state index in [0.29, 0.717) is 35.7 Å². The zero-order valence-corrected chi connectivity index (χ0v) is 17.6. The standard InChI is InChI=1S/C25H23F5O2/c1-25-9-8-15-14-5-3-13(10-12(14)2-4-16(15)18(25)6-7-19(25)31)32-11-17-20(26)22(28)24(30)23(29)21(17)27/h3,5,10,15-16,18H,2,4,6-9,11H2,1H3/t15-,16-,18+,25-/m0/s1. The zero-order valence-electron chi connectivity index (χ0n) is 17.6. The van der Waals surface area contributed by atoms with Gasteiger partial charge in [0, 0.05) is 11.8 Å². The van der Waals surface area contributed by atoms with Crippen molar-refractivity contribution in [3.8, 4) is 5.75 Å². The molecule has 2 aromatic carbocycles. The van der Waals surface area contributed by atoms with Crippen LogP contribution < -0.4 is 4.74 Å². The summed E-state index contributed by atoms with van der Waals surface area (Å²) >= 11 is 0. The molecule has 2 aromatic rings. The van der Waals surface area contributed by atoms with Crippen LogP contribution in [0.3, 0.4) is 0 Å². The van der Waals surface area contributed by atoms with Crippen molar-refractivity contribution in [2.75, 3.05) is 0 Å². The van der Waals surface area contributed by atoms with Crippen LogP contribution in [0.2, 0.25) is 0 Å². The third-order valence-corrected chi connectivity index (χ3v) is 8.09. The van der Waals surface area contributed by atoms with Gasteiger partial charge in [-0.2, -0.15) is 0 Å². The summed E-state index contributed by atoms with van der Waals surface area (Å²) in [5, 5.41) is 0. The molecule has 32 heavy (non-hydrogen) atoms. The molecule has 3 aliphatic carbocycles. The molecule has 2 saturated carbocycles. The van der Waals surface area contributed by atoms with Crippen molar-refractivity contribution in [2.45, 2.75) is 58.0 Å². The normalized spacial score (nSPS) is 28.8. The predicted molar refractivity (Wildman–Crippen MR) is 107 cm³/mol. The highest BCUT2D eigenvalue weighted by Gasteiger charge is 2.54. The van der Waals surface area contributed by atoms with Gasteiger partial charge in [0.15, 0.2) is 23.3 Å². The maximum atomic E-state index is 13.9. The number of halogens is 5. The van der Waals surface area contributed by atoms with E-state index in [0.717, 1.165) is 37.7 Å². The molecule has 0 saturated heterocycles. The molecule has 0 radical (unpaired) electrons. The number of ether oxygens (including phenoxy) is 1. The smallest absolute Gasteiger partial charge is 0.200 e. The van der Waals surface area contributed by atoms with E-state index in [1.54, 1.807) is 12.1 Å². The first kappa shape index (κ1) is 21.4. The van der Waals surface area contributed by atoms with Gasteiger partial charge in [-0.3, -0.25) is 4.79 Å². The summed E-state index contributed by atoms with van der Waals surface area (Å²) in [5.41, 5.74) is 1.10. The predicted octanol–water partition coefficient (Wildman–Crippen LogP) is 6.39. The van der Waals surface area contributed by atoms with Crippen LogP contribution in [0.4, 0.5) is 22.0 Å². The number of hydrogen-bond donors (Lipinski definition) is 0. The van der Waals surface area contributed by atoms with Crippen LogP contribution in [0.25, 0.3) is 0 Å². The largest absolute Gasteiger partial charge is 0.489 e. The maximum absolute atomic E-state index is 13.9. The highest BCUT2D eigenvalue weighted by molar-refractivity contribution is 5.87. The summed E-state index contributed by atoms with van der Waals surface area (Å²) in [4.78, 5) is 12.5. The van der Waals surface area contributed by atoms with Gasteiger partial charge in [0.2, 0.25) is 5.82 Å². The van der Waals surface area contributed by atoms with Crippen LogP contribution in [0, 0.1) is 46.3 Å². The van der Waals surface area contributed by atoms with Crippen molar-refractivity contribution in [3.63, 3.8) is 0 Å². The van der Waals surface area contributed by atoms with Crippen LogP contribution in [0.15, 0.2) is 18.2 Å². The number of aryl methyl sites for hydroxylation is 1. The van der Waals surface area contributed by atoms with Crippen LogP contribution in [-0.2, 0) is 17.8 Å². The number of benzene rings is 2. The molecular formula is C25H23F5O2. The summed E-state index contributed by atoms with van der Waals surface area (Å²) in [7, 11) is 0. The maximum Gasteiger partial charge on any atom is 0.200 e. The number of rotatable bonds is 3. The Morgan fingerprint density at radius 3 is 2.34 bits per heavy atom. The molecule has 7 heteroatoms. The van der Waals surface area contributed by atoms with Gasteiger partial charge in [0.05, 0.1) is 5.56 Å². The Kier molecular flexibility index (Phi) is 5.06. The third kappa shape index (κ3) is 3.07. The molecule has 0 aliphatic heterocycles. The minimum absolute atomic E-state index is 0.199. The second-order valence-corrected chi connectivity index (χ2v) is 9.53. The van der Waals surface area contributed by atoms with E-state index in [2.05, 4.69) is 6.92 Å². The quantitative estimate of drug-likeness (QED) is 0.308. The Morgan fingerprint density at radius 2 is 1.62 bits per heavy atom. The number of Topliss-reactive ketones (excluding diaryl/α,β-unsaturated/α-hetero) is 1. The molecule has 0 amide bonds. The lowest BCUT2D eigenvalue weighted by atomic mass is 9.55. The van der Waals surface area contributed by atoms with Crippen molar-refractivity contribution in [1.82, 2.24) is 0 Å². The number of carbonyl (C=O) groups excluding carboxylic acids is 1. The molecule has 0 bridgehead atoms. The van der Waals surface area contributed by atoms with Crippen LogP contribution in [-0.4, -0.2) is 5.78 Å². The number of hydrogen-bond acceptors (Lipinski definition) is 2. The van der Waals surface area contributed by atoms with E-state index in [4.69, 9.17) is 4.74 Å². The average Bonchev–Trinajstić information content (AvgIpc) is 3.10. The molecule has 3 aliphatic rings. The molecule has 2 fully saturated rings. The lowest BCUT2D eigenvalue weighted by molar-refractivity contribution is -0.129. The minimum atomic E-state index is -2.18. The second kappa shape index (κ2) is 7.56. The Morgan fingerprint density at radius 1 is 0.938 bits per heavy atom. The third-order valence-electron chi connectivity index (χ3n) is 8.09. The Bertz CT molecular complexity index is 1080. The highest BCUT2D eigenvalue weighted by Crippen LogP contribution is 2.59. The molecular weight excluding hydrogens is 427 g/mol. The van der Waals surface area contributed by atoms with Crippen LogP contribution >= 0.6 is 0 Å². The fraction of sp³-hybridized carbons (Fsp3) is 0.480. The second-order valence-electron chi connectivity index (χ2n) is 9.53. The minimum Gasteiger partial charge on any atom is -0.489 e. The van der Waals surface area contributed by atoms with Gasteiger partial charge in [-0.25, -0.2) is 22.0 Å². The monoisotopic (exact) mass is 450 g/mol. The van der Waals surface area contributed by atoms with Crippen molar-refractivity contribution < 1.29 is 31.5 Å². The lowest BCUT2D eigenvalue weighted by Crippen LogP contribution is -2.42. The van der Waals surface area contributed by atoms with Gasteiger partial charge in [0.25, 0.3) is 0 Å². The lowest BCUT2D eigenvalue weighted by Gasteiger charge is -2.48.